The van der Waals surface area contributed by atoms with Gasteiger partial charge in [-0.2, -0.15) is 0 Å². The lowest BCUT2D eigenvalue weighted by Gasteiger charge is -2.26. The number of amides is 1. The summed E-state index contributed by atoms with van der Waals surface area (Å²) in [5, 5.41) is 3.54. The lowest BCUT2D eigenvalue weighted by molar-refractivity contribution is -0.130. The molecule has 1 heterocycles. The molecule has 1 amide bonds. The van der Waals surface area contributed by atoms with Gasteiger partial charge in [0.05, 0.1) is 0 Å². The SMILES string of the molecule is CCCCCCCC(=O)N(C)CCC1CCCCN1. The molecule has 1 fully saturated rings. The van der Waals surface area contributed by atoms with E-state index in [0.717, 1.165) is 32.4 Å². The third-order valence-electron chi connectivity index (χ3n) is 4.15. The lowest BCUT2D eigenvalue weighted by atomic mass is 10.0. The number of rotatable bonds is 9. The van der Waals surface area contributed by atoms with Crippen molar-refractivity contribution >= 4 is 5.91 Å². The molecule has 1 unspecified atom stereocenters. The Morgan fingerprint density at radius 2 is 2.00 bits per heavy atom. The van der Waals surface area contributed by atoms with Gasteiger partial charge >= 0.3 is 0 Å². The molecule has 0 bridgehead atoms. The zero-order chi connectivity index (χ0) is 13.9. The monoisotopic (exact) mass is 268 g/mol. The quantitative estimate of drug-likeness (QED) is 0.651. The van der Waals surface area contributed by atoms with E-state index in [1.807, 2.05) is 11.9 Å². The molecule has 1 saturated heterocycles. The fraction of sp³-hybridized carbons (Fsp3) is 0.938. The van der Waals surface area contributed by atoms with Gasteiger partial charge in [0.25, 0.3) is 0 Å². The first-order chi connectivity index (χ1) is 9.24. The fourth-order valence-corrected chi connectivity index (χ4v) is 2.72. The smallest absolute Gasteiger partial charge is 0.222 e. The molecule has 1 aliphatic heterocycles. The molecule has 0 aromatic carbocycles. The van der Waals surface area contributed by atoms with E-state index in [0.29, 0.717) is 11.9 Å². The Balaban J connectivity index is 2.03. The number of hydrogen-bond donors (Lipinski definition) is 1. The van der Waals surface area contributed by atoms with E-state index < -0.39 is 0 Å². The zero-order valence-corrected chi connectivity index (χ0v) is 12.9. The van der Waals surface area contributed by atoms with E-state index in [2.05, 4.69) is 12.2 Å². The summed E-state index contributed by atoms with van der Waals surface area (Å²) < 4.78 is 0. The van der Waals surface area contributed by atoms with Gasteiger partial charge in [0.2, 0.25) is 5.91 Å². The number of nitrogens with zero attached hydrogens (tertiary/aromatic N) is 1. The number of carbonyl (C=O) groups is 1. The summed E-state index contributed by atoms with van der Waals surface area (Å²) in [7, 11) is 1.96. The van der Waals surface area contributed by atoms with Crippen LogP contribution in [-0.2, 0) is 4.79 Å². The van der Waals surface area contributed by atoms with Gasteiger partial charge < -0.3 is 10.2 Å². The van der Waals surface area contributed by atoms with E-state index in [9.17, 15) is 4.79 Å². The first kappa shape index (κ1) is 16.5. The Bertz CT molecular complexity index is 237. The van der Waals surface area contributed by atoms with Crippen LogP contribution in [0.2, 0.25) is 0 Å². The number of piperidine rings is 1. The van der Waals surface area contributed by atoms with E-state index in [-0.39, 0.29) is 0 Å². The minimum absolute atomic E-state index is 0.326. The van der Waals surface area contributed by atoms with Crippen molar-refractivity contribution in [1.29, 1.82) is 0 Å². The zero-order valence-electron chi connectivity index (χ0n) is 12.9. The van der Waals surface area contributed by atoms with Gasteiger partial charge in [-0.25, -0.2) is 0 Å². The third-order valence-corrected chi connectivity index (χ3v) is 4.15. The molecule has 0 spiro atoms. The van der Waals surface area contributed by atoms with Gasteiger partial charge in [-0.1, -0.05) is 39.0 Å². The fourth-order valence-electron chi connectivity index (χ4n) is 2.72. The summed E-state index contributed by atoms with van der Waals surface area (Å²) in [6.45, 7) is 4.28. The normalized spacial score (nSPS) is 19.4. The molecule has 19 heavy (non-hydrogen) atoms. The Kier molecular flexibility index (Phi) is 8.89. The van der Waals surface area contributed by atoms with Gasteiger partial charge in [0.15, 0.2) is 0 Å². The van der Waals surface area contributed by atoms with Crippen molar-refractivity contribution in [3.05, 3.63) is 0 Å². The van der Waals surface area contributed by atoms with Crippen molar-refractivity contribution in [2.75, 3.05) is 20.1 Å². The minimum Gasteiger partial charge on any atom is -0.346 e. The lowest BCUT2D eigenvalue weighted by Crippen LogP contribution is -2.38. The van der Waals surface area contributed by atoms with Gasteiger partial charge in [-0.3, -0.25) is 4.79 Å². The summed E-state index contributed by atoms with van der Waals surface area (Å²) in [5.41, 5.74) is 0. The van der Waals surface area contributed by atoms with Crippen molar-refractivity contribution in [2.24, 2.45) is 0 Å². The van der Waals surface area contributed by atoms with Crippen LogP contribution in [0.15, 0.2) is 0 Å². The Morgan fingerprint density at radius 1 is 1.21 bits per heavy atom. The van der Waals surface area contributed by atoms with Crippen LogP contribution >= 0.6 is 0 Å². The maximum absolute atomic E-state index is 12.0. The van der Waals surface area contributed by atoms with Crippen LogP contribution in [0.5, 0.6) is 0 Å². The van der Waals surface area contributed by atoms with Gasteiger partial charge in [0.1, 0.15) is 0 Å². The van der Waals surface area contributed by atoms with Crippen molar-refractivity contribution < 1.29 is 4.79 Å². The largest absolute Gasteiger partial charge is 0.346 e. The predicted octanol–water partition coefficient (Wildman–Crippen LogP) is 3.34. The Labute approximate surface area is 119 Å². The summed E-state index contributed by atoms with van der Waals surface area (Å²) >= 11 is 0. The van der Waals surface area contributed by atoms with Crippen molar-refractivity contribution in [2.45, 2.75) is 77.2 Å². The summed E-state index contributed by atoms with van der Waals surface area (Å²) in [6, 6.07) is 0.633. The Hall–Kier alpha value is -0.570. The third kappa shape index (κ3) is 7.56. The summed E-state index contributed by atoms with van der Waals surface area (Å²) in [6.07, 6.45) is 11.9. The maximum Gasteiger partial charge on any atom is 0.222 e. The first-order valence-corrected chi connectivity index (χ1v) is 8.21. The molecule has 0 aliphatic carbocycles. The predicted molar refractivity (Wildman–Crippen MR) is 81.3 cm³/mol. The van der Waals surface area contributed by atoms with Crippen molar-refractivity contribution in [1.82, 2.24) is 10.2 Å². The maximum atomic E-state index is 12.0. The standard InChI is InChI=1S/C16H32N2O/c1-3-4-5-6-7-11-16(19)18(2)14-12-15-10-8-9-13-17-15/h15,17H,3-14H2,1-2H3. The van der Waals surface area contributed by atoms with Crippen LogP contribution < -0.4 is 5.32 Å². The molecular weight excluding hydrogens is 236 g/mol. The van der Waals surface area contributed by atoms with Gasteiger partial charge in [0, 0.05) is 26.1 Å². The molecule has 1 rings (SSSR count). The molecule has 3 nitrogen and oxygen atoms in total. The number of hydrogen-bond acceptors (Lipinski definition) is 2. The average Bonchev–Trinajstić information content (AvgIpc) is 2.45. The van der Waals surface area contributed by atoms with Crippen molar-refractivity contribution in [3.63, 3.8) is 0 Å². The van der Waals surface area contributed by atoms with Crippen LogP contribution in [0.3, 0.4) is 0 Å². The van der Waals surface area contributed by atoms with E-state index >= 15 is 0 Å². The highest BCUT2D eigenvalue weighted by Crippen LogP contribution is 2.11. The molecule has 1 aliphatic rings. The molecule has 0 aromatic rings. The highest BCUT2D eigenvalue weighted by atomic mass is 16.2. The van der Waals surface area contributed by atoms with Gasteiger partial charge in [-0.05, 0) is 32.2 Å². The molecule has 1 atom stereocenters. The molecular formula is C16H32N2O. The van der Waals surface area contributed by atoms with Gasteiger partial charge in [-0.15, -0.1) is 0 Å². The Morgan fingerprint density at radius 3 is 2.68 bits per heavy atom. The van der Waals surface area contributed by atoms with Crippen LogP contribution in [0.4, 0.5) is 0 Å². The molecule has 0 radical (unpaired) electrons. The molecule has 1 N–H and O–H groups in total. The molecule has 0 aromatic heterocycles. The highest BCUT2D eigenvalue weighted by molar-refractivity contribution is 5.75. The van der Waals surface area contributed by atoms with Crippen LogP contribution in [0.1, 0.15) is 71.1 Å². The molecule has 0 saturated carbocycles. The van der Waals surface area contributed by atoms with E-state index in [1.165, 1.54) is 44.9 Å². The number of nitrogens with one attached hydrogen (secondary N) is 1. The van der Waals surface area contributed by atoms with Crippen LogP contribution in [0.25, 0.3) is 0 Å². The number of unbranched alkanes of at least 4 members (excludes halogenated alkanes) is 4. The summed E-state index contributed by atoms with van der Waals surface area (Å²) in [5.74, 6) is 0.326. The average molecular weight is 268 g/mol. The summed E-state index contributed by atoms with van der Waals surface area (Å²) in [4.78, 5) is 13.9. The molecule has 112 valence electrons. The topological polar surface area (TPSA) is 32.3 Å². The number of carbonyl (C=O) groups excluding carboxylic acids is 1. The van der Waals surface area contributed by atoms with Crippen LogP contribution in [0, 0.1) is 0 Å². The highest BCUT2D eigenvalue weighted by Gasteiger charge is 2.14. The minimum atomic E-state index is 0.326. The van der Waals surface area contributed by atoms with E-state index in [1.54, 1.807) is 0 Å². The second-order valence-corrected chi connectivity index (χ2v) is 5.92. The second kappa shape index (κ2) is 10.2. The van der Waals surface area contributed by atoms with E-state index in [4.69, 9.17) is 0 Å². The first-order valence-electron chi connectivity index (χ1n) is 8.21. The second-order valence-electron chi connectivity index (χ2n) is 5.92. The molecule has 3 heteroatoms. The van der Waals surface area contributed by atoms with Crippen LogP contribution in [-0.4, -0.2) is 37.0 Å². The van der Waals surface area contributed by atoms with Crippen molar-refractivity contribution in [3.8, 4) is 0 Å².